The first kappa shape index (κ1) is 11.5. The van der Waals surface area contributed by atoms with Gasteiger partial charge >= 0.3 is 5.97 Å². The zero-order chi connectivity index (χ0) is 11.1. The fraction of sp³-hybridized carbons (Fsp3) is 0.364. The monoisotopic (exact) mass is 209 g/mol. The smallest absolute Gasteiger partial charge is 0.335 e. The van der Waals surface area contributed by atoms with Crippen molar-refractivity contribution in [1.82, 2.24) is 0 Å². The van der Waals surface area contributed by atoms with Crippen LogP contribution in [0.4, 0.5) is 5.69 Å². The van der Waals surface area contributed by atoms with E-state index in [1.807, 2.05) is 6.92 Å². The molecule has 15 heavy (non-hydrogen) atoms. The predicted octanol–water partition coefficient (Wildman–Crippen LogP) is 1.83. The van der Waals surface area contributed by atoms with Crippen LogP contribution < -0.4 is 5.32 Å². The molecule has 0 amide bonds. The first-order valence-electron chi connectivity index (χ1n) is 4.89. The number of aromatic carboxylic acids is 1. The number of carboxylic acids is 1. The van der Waals surface area contributed by atoms with Gasteiger partial charge < -0.3 is 15.2 Å². The van der Waals surface area contributed by atoms with E-state index in [4.69, 9.17) is 9.84 Å². The number of nitrogens with one attached hydrogen (secondary N) is 1. The lowest BCUT2D eigenvalue weighted by atomic mass is 10.2. The zero-order valence-corrected chi connectivity index (χ0v) is 8.69. The third-order valence-electron chi connectivity index (χ3n) is 1.91. The Balaban J connectivity index is 2.39. The molecule has 4 nitrogen and oxygen atoms in total. The molecular weight excluding hydrogens is 194 g/mol. The van der Waals surface area contributed by atoms with Crippen molar-refractivity contribution in [1.29, 1.82) is 0 Å². The molecule has 0 aliphatic carbocycles. The van der Waals surface area contributed by atoms with E-state index in [9.17, 15) is 4.79 Å². The van der Waals surface area contributed by atoms with E-state index in [2.05, 4.69) is 5.32 Å². The molecule has 1 aromatic rings. The molecule has 0 saturated heterocycles. The lowest BCUT2D eigenvalue weighted by Crippen LogP contribution is -2.09. The van der Waals surface area contributed by atoms with Gasteiger partial charge in [0, 0.05) is 18.8 Å². The normalized spacial score (nSPS) is 9.93. The molecule has 4 heteroatoms. The Morgan fingerprint density at radius 3 is 2.60 bits per heavy atom. The summed E-state index contributed by atoms with van der Waals surface area (Å²) in [5.74, 6) is -0.907. The van der Waals surface area contributed by atoms with Gasteiger partial charge in [-0.3, -0.25) is 0 Å². The van der Waals surface area contributed by atoms with Gasteiger partial charge in [0.15, 0.2) is 0 Å². The van der Waals surface area contributed by atoms with Crippen LogP contribution in [0.1, 0.15) is 17.3 Å². The first-order valence-corrected chi connectivity index (χ1v) is 4.89. The van der Waals surface area contributed by atoms with Crippen LogP contribution in [0.15, 0.2) is 24.3 Å². The minimum atomic E-state index is -0.907. The third kappa shape index (κ3) is 3.99. The van der Waals surface area contributed by atoms with Crippen LogP contribution in [0.3, 0.4) is 0 Å². The number of hydrogen-bond acceptors (Lipinski definition) is 3. The lowest BCUT2D eigenvalue weighted by Gasteiger charge is -2.06. The van der Waals surface area contributed by atoms with Crippen molar-refractivity contribution in [3.8, 4) is 0 Å². The van der Waals surface area contributed by atoms with Gasteiger partial charge in [-0.05, 0) is 31.2 Å². The highest BCUT2D eigenvalue weighted by Crippen LogP contribution is 2.08. The summed E-state index contributed by atoms with van der Waals surface area (Å²) in [6.07, 6.45) is 0. The van der Waals surface area contributed by atoms with Crippen molar-refractivity contribution in [3.05, 3.63) is 29.8 Å². The van der Waals surface area contributed by atoms with Gasteiger partial charge in [0.05, 0.1) is 12.2 Å². The second kappa shape index (κ2) is 6.03. The van der Waals surface area contributed by atoms with E-state index >= 15 is 0 Å². The molecule has 0 aromatic heterocycles. The molecule has 0 heterocycles. The Bertz CT molecular complexity index is 308. The highest BCUT2D eigenvalue weighted by molar-refractivity contribution is 5.87. The Morgan fingerprint density at radius 1 is 1.40 bits per heavy atom. The van der Waals surface area contributed by atoms with Crippen LogP contribution in [-0.2, 0) is 4.74 Å². The number of carbonyl (C=O) groups is 1. The molecule has 1 rings (SSSR count). The van der Waals surface area contributed by atoms with Gasteiger partial charge in [0.1, 0.15) is 0 Å². The van der Waals surface area contributed by atoms with E-state index in [0.29, 0.717) is 18.8 Å². The van der Waals surface area contributed by atoms with Crippen LogP contribution in [0.25, 0.3) is 0 Å². The Morgan fingerprint density at radius 2 is 2.07 bits per heavy atom. The topological polar surface area (TPSA) is 58.6 Å². The molecule has 0 fully saturated rings. The number of carboxylic acid groups (broad SMARTS) is 1. The maximum Gasteiger partial charge on any atom is 0.335 e. The first-order chi connectivity index (χ1) is 7.24. The molecule has 2 N–H and O–H groups in total. The molecular formula is C11H15NO3. The van der Waals surface area contributed by atoms with Crippen molar-refractivity contribution in [2.45, 2.75) is 6.92 Å². The maximum absolute atomic E-state index is 10.6. The van der Waals surface area contributed by atoms with Crippen molar-refractivity contribution in [3.63, 3.8) is 0 Å². The van der Waals surface area contributed by atoms with Gasteiger partial charge in [-0.15, -0.1) is 0 Å². The average molecular weight is 209 g/mol. The summed E-state index contributed by atoms with van der Waals surface area (Å²) in [5.41, 5.74) is 1.20. The van der Waals surface area contributed by atoms with Gasteiger partial charge in [-0.1, -0.05) is 0 Å². The standard InChI is InChI=1S/C11H15NO3/c1-2-15-8-7-12-10-5-3-9(4-6-10)11(13)14/h3-6,12H,2,7-8H2,1H3,(H,13,14). The number of rotatable bonds is 6. The van der Waals surface area contributed by atoms with Crippen LogP contribution in [0.2, 0.25) is 0 Å². The SMILES string of the molecule is CCOCCNc1ccc(C(=O)O)cc1. The molecule has 0 spiro atoms. The predicted molar refractivity (Wildman–Crippen MR) is 58.4 cm³/mol. The molecule has 0 saturated carbocycles. The molecule has 0 unspecified atom stereocenters. The summed E-state index contributed by atoms with van der Waals surface area (Å²) in [5, 5.41) is 11.8. The summed E-state index contributed by atoms with van der Waals surface area (Å²) in [6.45, 7) is 4.03. The highest BCUT2D eigenvalue weighted by atomic mass is 16.5. The van der Waals surface area contributed by atoms with Gasteiger partial charge in [0.2, 0.25) is 0 Å². The van der Waals surface area contributed by atoms with Crippen molar-refractivity contribution < 1.29 is 14.6 Å². The van der Waals surface area contributed by atoms with E-state index in [1.165, 1.54) is 0 Å². The van der Waals surface area contributed by atoms with Gasteiger partial charge in [-0.2, -0.15) is 0 Å². The minimum absolute atomic E-state index is 0.297. The minimum Gasteiger partial charge on any atom is -0.478 e. The second-order valence-electron chi connectivity index (χ2n) is 3.01. The molecule has 0 bridgehead atoms. The molecule has 0 atom stereocenters. The van der Waals surface area contributed by atoms with Crippen molar-refractivity contribution in [2.24, 2.45) is 0 Å². The Labute approximate surface area is 88.9 Å². The van der Waals surface area contributed by atoms with Crippen LogP contribution in [-0.4, -0.2) is 30.8 Å². The lowest BCUT2D eigenvalue weighted by molar-refractivity contribution is 0.0697. The number of benzene rings is 1. The van der Waals surface area contributed by atoms with Crippen molar-refractivity contribution in [2.75, 3.05) is 25.1 Å². The zero-order valence-electron chi connectivity index (χ0n) is 8.69. The summed E-state index contributed by atoms with van der Waals surface area (Å²) < 4.78 is 5.16. The average Bonchev–Trinajstić information content (AvgIpc) is 2.25. The van der Waals surface area contributed by atoms with E-state index in [0.717, 1.165) is 12.2 Å². The largest absolute Gasteiger partial charge is 0.478 e. The van der Waals surface area contributed by atoms with Crippen LogP contribution >= 0.6 is 0 Å². The molecule has 0 aliphatic heterocycles. The fourth-order valence-electron chi connectivity index (χ4n) is 1.14. The van der Waals surface area contributed by atoms with E-state index < -0.39 is 5.97 Å². The molecule has 0 aliphatic rings. The van der Waals surface area contributed by atoms with Gasteiger partial charge in [-0.25, -0.2) is 4.79 Å². The molecule has 1 aromatic carbocycles. The van der Waals surface area contributed by atoms with E-state index in [-0.39, 0.29) is 0 Å². The number of ether oxygens (including phenoxy) is 1. The van der Waals surface area contributed by atoms with Crippen molar-refractivity contribution >= 4 is 11.7 Å². The molecule has 0 radical (unpaired) electrons. The van der Waals surface area contributed by atoms with Gasteiger partial charge in [0.25, 0.3) is 0 Å². The fourth-order valence-corrected chi connectivity index (χ4v) is 1.14. The molecule has 82 valence electrons. The highest BCUT2D eigenvalue weighted by Gasteiger charge is 2.00. The summed E-state index contributed by atoms with van der Waals surface area (Å²) in [7, 11) is 0. The number of anilines is 1. The number of hydrogen-bond donors (Lipinski definition) is 2. The van der Waals surface area contributed by atoms with E-state index in [1.54, 1.807) is 24.3 Å². The summed E-state index contributed by atoms with van der Waals surface area (Å²) >= 11 is 0. The quantitative estimate of drug-likeness (QED) is 0.702. The maximum atomic E-state index is 10.6. The van der Waals surface area contributed by atoms with Crippen LogP contribution in [0.5, 0.6) is 0 Å². The summed E-state index contributed by atoms with van der Waals surface area (Å²) in [4.78, 5) is 10.6. The Kier molecular flexibility index (Phi) is 4.63. The second-order valence-corrected chi connectivity index (χ2v) is 3.01. The third-order valence-corrected chi connectivity index (χ3v) is 1.91. The Hall–Kier alpha value is -1.55. The van der Waals surface area contributed by atoms with Crippen LogP contribution in [0, 0.1) is 0 Å². The summed E-state index contributed by atoms with van der Waals surface area (Å²) in [6, 6.07) is 6.64.